The van der Waals surface area contributed by atoms with Crippen LogP contribution in [0.4, 0.5) is 20.2 Å². The second kappa shape index (κ2) is 2.18. The molecule has 1 aliphatic rings. The van der Waals surface area contributed by atoms with Gasteiger partial charge in [0.1, 0.15) is 0 Å². The number of carbonyl (C=O) groups excluding carboxylic acids is 1. The molecule has 13 heavy (non-hydrogen) atoms. The first-order valence-electron chi connectivity index (χ1n) is 3.61. The van der Waals surface area contributed by atoms with Crippen LogP contribution < -0.4 is 11.1 Å². The van der Waals surface area contributed by atoms with E-state index < -0.39 is 11.8 Å². The van der Waals surface area contributed by atoms with Gasteiger partial charge in [0.05, 0.1) is 11.3 Å². The first kappa shape index (κ1) is 7.97. The molecule has 0 spiro atoms. The molecule has 3 nitrogen and oxygen atoms in total. The Labute approximate surface area is 72.5 Å². The molecular weight excluding hydrogens is 178 g/mol. The smallest absolute Gasteiger partial charge is 0.352 e. The minimum absolute atomic E-state index is 0.129. The van der Waals surface area contributed by atoms with Gasteiger partial charge >= 0.3 is 5.92 Å². The van der Waals surface area contributed by atoms with E-state index in [1.165, 1.54) is 12.1 Å². The van der Waals surface area contributed by atoms with E-state index in [0.717, 1.165) is 6.07 Å². The van der Waals surface area contributed by atoms with Crippen LogP contribution in [0, 0.1) is 0 Å². The van der Waals surface area contributed by atoms with Crippen molar-refractivity contribution in [1.82, 2.24) is 0 Å². The highest BCUT2D eigenvalue weighted by Gasteiger charge is 2.48. The predicted octanol–water partition coefficient (Wildman–Crippen LogP) is 1.31. The summed E-state index contributed by atoms with van der Waals surface area (Å²) in [6.45, 7) is 0. The highest BCUT2D eigenvalue weighted by Crippen LogP contribution is 2.40. The van der Waals surface area contributed by atoms with Crippen molar-refractivity contribution in [2.24, 2.45) is 0 Å². The number of rotatable bonds is 0. The summed E-state index contributed by atoms with van der Waals surface area (Å²) in [7, 11) is 0. The number of nitrogen functional groups attached to an aromatic ring is 1. The fourth-order valence-corrected chi connectivity index (χ4v) is 1.25. The van der Waals surface area contributed by atoms with E-state index in [0.29, 0.717) is 0 Å². The first-order valence-corrected chi connectivity index (χ1v) is 3.61. The van der Waals surface area contributed by atoms with Gasteiger partial charge in [-0.3, -0.25) is 4.79 Å². The minimum Gasteiger partial charge on any atom is -0.399 e. The number of amides is 1. The molecule has 2 rings (SSSR count). The fraction of sp³-hybridized carbons (Fsp3) is 0.125. The summed E-state index contributed by atoms with van der Waals surface area (Å²) >= 11 is 0. The summed E-state index contributed by atoms with van der Waals surface area (Å²) in [5, 5.41) is 2.07. The Bertz CT molecular complexity index is 390. The number of nitrogens with one attached hydrogen (secondary N) is 1. The van der Waals surface area contributed by atoms with Gasteiger partial charge in [-0.25, -0.2) is 0 Å². The van der Waals surface area contributed by atoms with Gasteiger partial charge in [-0.1, -0.05) is 0 Å². The monoisotopic (exact) mass is 184 g/mol. The van der Waals surface area contributed by atoms with Crippen LogP contribution in [0.1, 0.15) is 5.56 Å². The first-order chi connectivity index (χ1) is 6.01. The van der Waals surface area contributed by atoms with Gasteiger partial charge in [0.25, 0.3) is 5.91 Å². The molecule has 0 radical (unpaired) electrons. The van der Waals surface area contributed by atoms with Gasteiger partial charge in [0.2, 0.25) is 0 Å². The zero-order chi connectivity index (χ0) is 9.64. The predicted molar refractivity (Wildman–Crippen MR) is 43.4 cm³/mol. The summed E-state index contributed by atoms with van der Waals surface area (Å²) in [5.74, 6) is -4.75. The molecular formula is C8H6F2N2O. The maximum Gasteiger partial charge on any atom is 0.352 e. The fourth-order valence-electron chi connectivity index (χ4n) is 1.25. The molecule has 3 N–H and O–H groups in total. The van der Waals surface area contributed by atoms with Crippen molar-refractivity contribution in [3.8, 4) is 0 Å². The number of fused-ring (bicyclic) bond motifs is 1. The summed E-state index contributed by atoms with van der Waals surface area (Å²) < 4.78 is 26.1. The van der Waals surface area contributed by atoms with Crippen molar-refractivity contribution >= 4 is 17.3 Å². The third-order valence-corrected chi connectivity index (χ3v) is 1.92. The van der Waals surface area contributed by atoms with Crippen molar-refractivity contribution in [3.63, 3.8) is 0 Å². The summed E-state index contributed by atoms with van der Waals surface area (Å²) in [4.78, 5) is 10.8. The molecule has 0 bridgehead atoms. The standard InChI is InChI=1S/C8H6F2N2O/c9-8(10)5-3-4(11)1-2-6(5)12-7(8)13/h1-3H,11H2,(H,12,13). The molecule has 0 aliphatic carbocycles. The van der Waals surface area contributed by atoms with Gasteiger partial charge in [0, 0.05) is 5.69 Å². The number of alkyl halides is 2. The van der Waals surface area contributed by atoms with Crippen LogP contribution in [0.15, 0.2) is 18.2 Å². The lowest BCUT2D eigenvalue weighted by Crippen LogP contribution is -2.23. The molecule has 68 valence electrons. The van der Waals surface area contributed by atoms with Crippen molar-refractivity contribution in [2.45, 2.75) is 5.92 Å². The van der Waals surface area contributed by atoms with E-state index in [1.54, 1.807) is 0 Å². The lowest BCUT2D eigenvalue weighted by atomic mass is 10.1. The van der Waals surface area contributed by atoms with E-state index in [1.807, 2.05) is 0 Å². The Morgan fingerprint density at radius 3 is 2.77 bits per heavy atom. The zero-order valence-electron chi connectivity index (χ0n) is 6.47. The van der Waals surface area contributed by atoms with E-state index >= 15 is 0 Å². The quantitative estimate of drug-likeness (QED) is 0.597. The molecule has 0 unspecified atom stereocenters. The Balaban J connectivity index is 2.64. The second-order valence-electron chi connectivity index (χ2n) is 2.83. The van der Waals surface area contributed by atoms with E-state index in [9.17, 15) is 13.6 Å². The highest BCUT2D eigenvalue weighted by molar-refractivity contribution is 6.04. The maximum absolute atomic E-state index is 13.0. The molecule has 1 aromatic rings. The number of anilines is 2. The Hall–Kier alpha value is -1.65. The second-order valence-corrected chi connectivity index (χ2v) is 2.83. The van der Waals surface area contributed by atoms with Crippen LogP contribution in [0.2, 0.25) is 0 Å². The summed E-state index contributed by atoms with van der Waals surface area (Å²) in [5.41, 5.74) is 5.32. The van der Waals surface area contributed by atoms with E-state index in [-0.39, 0.29) is 16.9 Å². The van der Waals surface area contributed by atoms with Crippen LogP contribution >= 0.6 is 0 Å². The van der Waals surface area contributed by atoms with Gasteiger partial charge in [-0.15, -0.1) is 0 Å². The van der Waals surface area contributed by atoms with Crippen molar-refractivity contribution in [3.05, 3.63) is 23.8 Å². The molecule has 0 aromatic heterocycles. The maximum atomic E-state index is 13.0. The van der Waals surface area contributed by atoms with E-state index in [2.05, 4.69) is 5.32 Å². The zero-order valence-corrected chi connectivity index (χ0v) is 6.47. The number of carbonyl (C=O) groups is 1. The average Bonchev–Trinajstić information content (AvgIpc) is 2.27. The molecule has 1 amide bonds. The third-order valence-electron chi connectivity index (χ3n) is 1.92. The van der Waals surface area contributed by atoms with Gasteiger partial charge in [0.15, 0.2) is 0 Å². The summed E-state index contributed by atoms with van der Waals surface area (Å²) in [6.07, 6.45) is 0. The third kappa shape index (κ3) is 0.965. The van der Waals surface area contributed by atoms with Gasteiger partial charge in [-0.05, 0) is 18.2 Å². The Morgan fingerprint density at radius 2 is 2.08 bits per heavy atom. The molecule has 1 aliphatic heterocycles. The van der Waals surface area contributed by atoms with Crippen LogP contribution in [-0.4, -0.2) is 5.91 Å². The van der Waals surface area contributed by atoms with Crippen LogP contribution in [0.25, 0.3) is 0 Å². The summed E-state index contributed by atoms with van der Waals surface area (Å²) in [6, 6.07) is 3.93. The molecule has 1 aromatic carbocycles. The lowest BCUT2D eigenvalue weighted by Gasteiger charge is -2.05. The molecule has 0 saturated heterocycles. The Kier molecular flexibility index (Phi) is 1.34. The van der Waals surface area contributed by atoms with Crippen molar-refractivity contribution in [2.75, 3.05) is 11.1 Å². The number of benzene rings is 1. The molecule has 1 heterocycles. The SMILES string of the molecule is Nc1ccc2c(c1)C(F)(F)C(=O)N2. The molecule has 5 heteroatoms. The van der Waals surface area contributed by atoms with Crippen LogP contribution in [0.5, 0.6) is 0 Å². The van der Waals surface area contributed by atoms with Crippen molar-refractivity contribution < 1.29 is 13.6 Å². The number of halogens is 2. The normalized spacial score (nSPS) is 18.2. The number of hydrogen-bond donors (Lipinski definition) is 2. The number of nitrogens with two attached hydrogens (primary N) is 1. The van der Waals surface area contributed by atoms with Crippen LogP contribution in [0.3, 0.4) is 0 Å². The minimum atomic E-state index is -3.45. The highest BCUT2D eigenvalue weighted by atomic mass is 19.3. The molecule has 0 fully saturated rings. The molecule has 0 saturated carbocycles. The topological polar surface area (TPSA) is 55.1 Å². The van der Waals surface area contributed by atoms with Gasteiger partial charge < -0.3 is 11.1 Å². The largest absolute Gasteiger partial charge is 0.399 e. The van der Waals surface area contributed by atoms with Crippen molar-refractivity contribution in [1.29, 1.82) is 0 Å². The van der Waals surface area contributed by atoms with E-state index in [4.69, 9.17) is 5.73 Å². The Morgan fingerprint density at radius 1 is 1.38 bits per heavy atom. The van der Waals surface area contributed by atoms with Crippen LogP contribution in [-0.2, 0) is 10.7 Å². The molecule has 0 atom stereocenters. The van der Waals surface area contributed by atoms with Gasteiger partial charge in [-0.2, -0.15) is 8.78 Å². The average molecular weight is 184 g/mol. The lowest BCUT2D eigenvalue weighted by molar-refractivity contribution is -0.139. The number of hydrogen-bond acceptors (Lipinski definition) is 2.